The average Bonchev–Trinajstić information content (AvgIpc) is 2.25. The van der Waals surface area contributed by atoms with Crippen LogP contribution in [0.1, 0.15) is 18.9 Å². The van der Waals surface area contributed by atoms with E-state index in [1.807, 2.05) is 24.3 Å². The molecule has 0 aromatic heterocycles. The standard InChI is InChI=1S/C12H19NO2/c1-10(7-8-14-2)15-9-11-3-5-12(13)6-4-11/h3-6,10H,7-9,13H2,1-2H3. The molecule has 0 fully saturated rings. The summed E-state index contributed by atoms with van der Waals surface area (Å²) < 4.78 is 10.6. The Balaban J connectivity index is 2.27. The van der Waals surface area contributed by atoms with E-state index in [1.165, 1.54) is 0 Å². The summed E-state index contributed by atoms with van der Waals surface area (Å²) in [7, 11) is 1.70. The van der Waals surface area contributed by atoms with Crippen LogP contribution in [0, 0.1) is 0 Å². The minimum atomic E-state index is 0.225. The molecular formula is C12H19NO2. The molecule has 0 amide bonds. The Morgan fingerprint density at radius 2 is 1.93 bits per heavy atom. The number of anilines is 1. The lowest BCUT2D eigenvalue weighted by Crippen LogP contribution is -2.10. The van der Waals surface area contributed by atoms with Gasteiger partial charge in [-0.3, -0.25) is 0 Å². The van der Waals surface area contributed by atoms with E-state index in [0.717, 1.165) is 24.3 Å². The van der Waals surface area contributed by atoms with Gasteiger partial charge in [0.2, 0.25) is 0 Å². The summed E-state index contributed by atoms with van der Waals surface area (Å²) in [5.41, 5.74) is 7.52. The van der Waals surface area contributed by atoms with Crippen molar-refractivity contribution in [2.75, 3.05) is 19.5 Å². The maximum Gasteiger partial charge on any atom is 0.0720 e. The van der Waals surface area contributed by atoms with Crippen LogP contribution < -0.4 is 5.73 Å². The first-order valence-corrected chi connectivity index (χ1v) is 5.17. The highest BCUT2D eigenvalue weighted by Crippen LogP contribution is 2.08. The van der Waals surface area contributed by atoms with Gasteiger partial charge in [0.05, 0.1) is 12.7 Å². The van der Waals surface area contributed by atoms with Gasteiger partial charge in [-0.2, -0.15) is 0 Å². The van der Waals surface area contributed by atoms with Gasteiger partial charge in [-0.25, -0.2) is 0 Å². The summed E-state index contributed by atoms with van der Waals surface area (Å²) in [5, 5.41) is 0. The van der Waals surface area contributed by atoms with E-state index < -0.39 is 0 Å². The fraction of sp³-hybridized carbons (Fsp3) is 0.500. The maximum absolute atomic E-state index is 5.65. The van der Waals surface area contributed by atoms with E-state index in [2.05, 4.69) is 6.92 Å². The van der Waals surface area contributed by atoms with E-state index in [-0.39, 0.29) is 6.10 Å². The molecule has 3 nitrogen and oxygen atoms in total. The van der Waals surface area contributed by atoms with E-state index in [0.29, 0.717) is 6.61 Å². The Hall–Kier alpha value is -1.06. The monoisotopic (exact) mass is 209 g/mol. The molecule has 0 spiro atoms. The van der Waals surface area contributed by atoms with Crippen molar-refractivity contribution in [1.82, 2.24) is 0 Å². The summed E-state index contributed by atoms with van der Waals surface area (Å²) >= 11 is 0. The zero-order valence-electron chi connectivity index (χ0n) is 9.40. The molecule has 1 aromatic carbocycles. The van der Waals surface area contributed by atoms with Crippen LogP contribution in [0.3, 0.4) is 0 Å². The van der Waals surface area contributed by atoms with Crippen LogP contribution in [-0.2, 0) is 16.1 Å². The highest BCUT2D eigenvalue weighted by molar-refractivity contribution is 5.39. The molecule has 0 saturated heterocycles. The number of rotatable bonds is 6. The van der Waals surface area contributed by atoms with E-state index in [1.54, 1.807) is 7.11 Å². The smallest absolute Gasteiger partial charge is 0.0720 e. The number of benzene rings is 1. The molecule has 2 N–H and O–H groups in total. The Kier molecular flexibility index (Phi) is 5.15. The van der Waals surface area contributed by atoms with Crippen molar-refractivity contribution < 1.29 is 9.47 Å². The van der Waals surface area contributed by atoms with Crippen LogP contribution in [0.2, 0.25) is 0 Å². The quantitative estimate of drug-likeness (QED) is 0.730. The molecule has 15 heavy (non-hydrogen) atoms. The topological polar surface area (TPSA) is 44.5 Å². The number of nitrogens with two attached hydrogens (primary N) is 1. The number of hydrogen-bond donors (Lipinski definition) is 1. The normalized spacial score (nSPS) is 12.7. The first-order valence-electron chi connectivity index (χ1n) is 5.17. The van der Waals surface area contributed by atoms with Crippen molar-refractivity contribution in [3.05, 3.63) is 29.8 Å². The summed E-state index contributed by atoms with van der Waals surface area (Å²) in [5.74, 6) is 0. The number of ether oxygens (including phenoxy) is 2. The van der Waals surface area contributed by atoms with Crippen LogP contribution in [0.15, 0.2) is 24.3 Å². The predicted octanol–water partition coefficient (Wildman–Crippen LogP) is 2.21. The lowest BCUT2D eigenvalue weighted by Gasteiger charge is -2.12. The zero-order valence-corrected chi connectivity index (χ0v) is 9.40. The zero-order chi connectivity index (χ0) is 11.1. The fourth-order valence-electron chi connectivity index (χ4n) is 1.22. The van der Waals surface area contributed by atoms with Crippen molar-refractivity contribution in [1.29, 1.82) is 0 Å². The maximum atomic E-state index is 5.65. The van der Waals surface area contributed by atoms with Gasteiger partial charge in [0.15, 0.2) is 0 Å². The number of hydrogen-bond acceptors (Lipinski definition) is 3. The summed E-state index contributed by atoms with van der Waals surface area (Å²) in [4.78, 5) is 0. The van der Waals surface area contributed by atoms with Crippen molar-refractivity contribution in [3.63, 3.8) is 0 Å². The van der Waals surface area contributed by atoms with Crippen molar-refractivity contribution in [3.8, 4) is 0 Å². The van der Waals surface area contributed by atoms with Crippen molar-refractivity contribution in [2.24, 2.45) is 0 Å². The van der Waals surface area contributed by atoms with Crippen LogP contribution in [0.25, 0.3) is 0 Å². The van der Waals surface area contributed by atoms with Gasteiger partial charge in [0.25, 0.3) is 0 Å². The van der Waals surface area contributed by atoms with Gasteiger partial charge in [0.1, 0.15) is 0 Å². The third kappa shape index (κ3) is 4.81. The largest absolute Gasteiger partial charge is 0.399 e. The van der Waals surface area contributed by atoms with E-state index >= 15 is 0 Å². The Morgan fingerprint density at radius 1 is 1.27 bits per heavy atom. The summed E-state index contributed by atoms with van der Waals surface area (Å²) in [6.07, 6.45) is 1.15. The molecule has 1 aromatic rings. The molecule has 0 heterocycles. The summed E-state index contributed by atoms with van der Waals surface area (Å²) in [6.45, 7) is 3.42. The second-order valence-corrected chi connectivity index (χ2v) is 3.64. The van der Waals surface area contributed by atoms with Gasteiger partial charge in [-0.1, -0.05) is 12.1 Å². The molecule has 1 rings (SSSR count). The Labute approximate surface area is 91.2 Å². The van der Waals surface area contributed by atoms with Gasteiger partial charge in [-0.05, 0) is 31.0 Å². The minimum absolute atomic E-state index is 0.225. The van der Waals surface area contributed by atoms with Crippen LogP contribution in [0.4, 0.5) is 5.69 Å². The first kappa shape index (κ1) is 12.0. The van der Waals surface area contributed by atoms with E-state index in [4.69, 9.17) is 15.2 Å². The van der Waals surface area contributed by atoms with Crippen molar-refractivity contribution >= 4 is 5.69 Å². The third-order valence-corrected chi connectivity index (χ3v) is 2.24. The van der Waals surface area contributed by atoms with Gasteiger partial charge in [-0.15, -0.1) is 0 Å². The highest BCUT2D eigenvalue weighted by atomic mass is 16.5. The van der Waals surface area contributed by atoms with E-state index in [9.17, 15) is 0 Å². The highest BCUT2D eigenvalue weighted by Gasteiger charge is 2.01. The number of nitrogen functional groups attached to an aromatic ring is 1. The van der Waals surface area contributed by atoms with Gasteiger partial charge in [0, 0.05) is 19.4 Å². The number of methoxy groups -OCH3 is 1. The first-order chi connectivity index (χ1) is 7.22. The molecule has 0 aliphatic rings. The molecule has 0 aliphatic heterocycles. The molecule has 1 unspecified atom stereocenters. The second-order valence-electron chi connectivity index (χ2n) is 3.64. The molecular weight excluding hydrogens is 190 g/mol. The lowest BCUT2D eigenvalue weighted by atomic mass is 10.2. The van der Waals surface area contributed by atoms with Crippen molar-refractivity contribution in [2.45, 2.75) is 26.1 Å². The van der Waals surface area contributed by atoms with Gasteiger partial charge < -0.3 is 15.2 Å². The molecule has 84 valence electrons. The van der Waals surface area contributed by atoms with Crippen LogP contribution in [-0.4, -0.2) is 19.8 Å². The van der Waals surface area contributed by atoms with Crippen LogP contribution >= 0.6 is 0 Å². The minimum Gasteiger partial charge on any atom is -0.399 e. The summed E-state index contributed by atoms with van der Waals surface area (Å²) in [6, 6.07) is 7.74. The lowest BCUT2D eigenvalue weighted by molar-refractivity contribution is 0.0301. The Morgan fingerprint density at radius 3 is 2.53 bits per heavy atom. The molecule has 0 radical (unpaired) electrons. The molecule has 0 bridgehead atoms. The predicted molar refractivity (Wildman–Crippen MR) is 61.6 cm³/mol. The fourth-order valence-corrected chi connectivity index (χ4v) is 1.22. The second kappa shape index (κ2) is 6.43. The van der Waals surface area contributed by atoms with Crippen LogP contribution in [0.5, 0.6) is 0 Å². The molecule has 0 aliphatic carbocycles. The molecule has 1 atom stereocenters. The third-order valence-electron chi connectivity index (χ3n) is 2.24. The van der Waals surface area contributed by atoms with Gasteiger partial charge >= 0.3 is 0 Å². The molecule has 0 saturated carbocycles. The Bertz CT molecular complexity index is 271. The molecule has 3 heteroatoms. The average molecular weight is 209 g/mol. The SMILES string of the molecule is COCCC(C)OCc1ccc(N)cc1.